The van der Waals surface area contributed by atoms with Crippen LogP contribution in [0, 0.1) is 5.92 Å². The van der Waals surface area contributed by atoms with Crippen molar-refractivity contribution in [1.82, 2.24) is 0 Å². The molecule has 0 spiro atoms. The van der Waals surface area contributed by atoms with Crippen molar-refractivity contribution in [2.45, 2.75) is 19.0 Å². The Morgan fingerprint density at radius 2 is 1.92 bits per heavy atom. The van der Waals surface area contributed by atoms with Gasteiger partial charge in [0.2, 0.25) is 0 Å². The lowest BCUT2D eigenvalue weighted by Crippen LogP contribution is -2.42. The maximum atomic E-state index is 12.7. The van der Waals surface area contributed by atoms with E-state index in [1.165, 1.54) is 0 Å². The van der Waals surface area contributed by atoms with E-state index >= 15 is 0 Å². The summed E-state index contributed by atoms with van der Waals surface area (Å²) in [6, 6.07) is 0. The van der Waals surface area contributed by atoms with Crippen LogP contribution in [0.3, 0.4) is 0 Å². The molecule has 0 saturated heterocycles. The van der Waals surface area contributed by atoms with E-state index in [4.69, 9.17) is 0 Å². The van der Waals surface area contributed by atoms with Crippen molar-refractivity contribution in [1.29, 1.82) is 0 Å². The second-order valence-corrected chi connectivity index (χ2v) is 2.44. The van der Waals surface area contributed by atoms with Gasteiger partial charge in [-0.3, -0.25) is 4.39 Å². The maximum Gasteiger partial charge on any atom is 0.282 e. The molecule has 0 aromatic rings. The molecule has 1 nitrogen and oxygen atoms in total. The first-order valence-electron chi connectivity index (χ1n) is 3.26. The molecule has 0 N–H and O–H groups in total. The Morgan fingerprint density at radius 1 is 1.42 bits per heavy atom. The molecular formula is C6H9F5O. The fourth-order valence-electron chi connectivity index (χ4n) is 0.758. The predicted molar refractivity (Wildman–Crippen MR) is 32.0 cm³/mol. The van der Waals surface area contributed by atoms with Crippen molar-refractivity contribution >= 4 is 0 Å². The summed E-state index contributed by atoms with van der Waals surface area (Å²) in [6.07, 6.45) is -2.02. The zero-order chi connectivity index (χ0) is 9.78. The summed E-state index contributed by atoms with van der Waals surface area (Å²) in [5, 5.41) is 0. The molecule has 0 rings (SSSR count). The molecular weight excluding hydrogens is 183 g/mol. The van der Waals surface area contributed by atoms with E-state index in [1.807, 2.05) is 0 Å². The third kappa shape index (κ3) is 2.30. The molecule has 0 heterocycles. The predicted octanol–water partition coefficient (Wildman–Crippen LogP) is 2.47. The normalized spacial score (nSPS) is 21.5. The first-order valence-corrected chi connectivity index (χ1v) is 3.26. The van der Waals surface area contributed by atoms with Crippen LogP contribution < -0.4 is 0 Å². The van der Waals surface area contributed by atoms with Crippen LogP contribution in [0.15, 0.2) is 0 Å². The number of hydrogen-bond acceptors (Lipinski definition) is 1. The van der Waals surface area contributed by atoms with Crippen molar-refractivity contribution in [3.63, 3.8) is 0 Å². The molecule has 0 aliphatic rings. The summed E-state index contributed by atoms with van der Waals surface area (Å²) in [7, 11) is 0. The van der Waals surface area contributed by atoms with Gasteiger partial charge in [0, 0.05) is 0 Å². The molecule has 6 heteroatoms. The highest BCUT2D eigenvalue weighted by Gasteiger charge is 2.46. The Kier molecular flexibility index (Phi) is 4.44. The largest absolute Gasteiger partial charge is 0.282 e. The molecule has 0 aliphatic heterocycles. The molecule has 0 fully saturated rings. The lowest BCUT2D eigenvalue weighted by atomic mass is 9.98. The third-order valence-electron chi connectivity index (χ3n) is 1.58. The Hall–Kier alpha value is -0.390. The number of halogens is 5. The average Bonchev–Trinajstić information content (AvgIpc) is 2.04. The third-order valence-corrected chi connectivity index (χ3v) is 1.58. The van der Waals surface area contributed by atoms with Crippen LogP contribution in [0.1, 0.15) is 6.92 Å². The van der Waals surface area contributed by atoms with Crippen LogP contribution in [0.4, 0.5) is 22.1 Å². The lowest BCUT2D eigenvalue weighted by molar-refractivity contribution is -0.326. The molecule has 3 atom stereocenters. The fourth-order valence-corrected chi connectivity index (χ4v) is 0.758. The standard InChI is InChI=1S/C6H9F5O/c1-4(9)5(2-7)6(10,3-8)12-11/h4-5H,2-3H2,1H3. The van der Waals surface area contributed by atoms with E-state index in [1.54, 1.807) is 0 Å². The van der Waals surface area contributed by atoms with Gasteiger partial charge in [-0.25, -0.2) is 13.2 Å². The Bertz CT molecular complexity index is 125. The summed E-state index contributed by atoms with van der Waals surface area (Å²) >= 11 is 0. The van der Waals surface area contributed by atoms with Gasteiger partial charge in [-0.15, -0.1) is 4.94 Å². The number of rotatable bonds is 5. The average molecular weight is 192 g/mol. The van der Waals surface area contributed by atoms with E-state index in [2.05, 4.69) is 4.94 Å². The van der Waals surface area contributed by atoms with Gasteiger partial charge in [0.05, 0.1) is 5.92 Å². The Morgan fingerprint density at radius 3 is 2.00 bits per heavy atom. The van der Waals surface area contributed by atoms with Crippen LogP contribution in [0.25, 0.3) is 0 Å². The van der Waals surface area contributed by atoms with E-state index in [9.17, 15) is 22.1 Å². The molecule has 74 valence electrons. The van der Waals surface area contributed by atoms with Gasteiger partial charge in [0.1, 0.15) is 12.8 Å². The summed E-state index contributed by atoms with van der Waals surface area (Å²) in [5.74, 6) is -5.59. The van der Waals surface area contributed by atoms with Gasteiger partial charge in [0.15, 0.2) is 6.67 Å². The highest BCUT2D eigenvalue weighted by atomic mass is 19.3. The van der Waals surface area contributed by atoms with Gasteiger partial charge < -0.3 is 0 Å². The van der Waals surface area contributed by atoms with Crippen molar-refractivity contribution in [3.8, 4) is 0 Å². The molecule has 0 amide bonds. The van der Waals surface area contributed by atoms with Crippen molar-refractivity contribution < 1.29 is 27.0 Å². The van der Waals surface area contributed by atoms with Crippen LogP contribution in [0.5, 0.6) is 0 Å². The molecule has 0 bridgehead atoms. The minimum absolute atomic E-state index is 0.799. The van der Waals surface area contributed by atoms with Crippen molar-refractivity contribution in [2.75, 3.05) is 13.3 Å². The topological polar surface area (TPSA) is 9.23 Å². The van der Waals surface area contributed by atoms with Crippen LogP contribution in [0.2, 0.25) is 0 Å². The smallest absolute Gasteiger partial charge is 0.250 e. The summed E-state index contributed by atoms with van der Waals surface area (Å²) in [4.78, 5) is 2.58. The molecule has 3 unspecified atom stereocenters. The molecule has 12 heavy (non-hydrogen) atoms. The van der Waals surface area contributed by atoms with Crippen molar-refractivity contribution in [3.05, 3.63) is 0 Å². The highest BCUT2D eigenvalue weighted by molar-refractivity contribution is 4.80. The zero-order valence-corrected chi connectivity index (χ0v) is 6.37. The van der Waals surface area contributed by atoms with Crippen LogP contribution in [-0.4, -0.2) is 25.4 Å². The van der Waals surface area contributed by atoms with E-state index in [-0.39, 0.29) is 0 Å². The molecule has 0 aromatic heterocycles. The van der Waals surface area contributed by atoms with Crippen LogP contribution >= 0.6 is 0 Å². The zero-order valence-electron chi connectivity index (χ0n) is 6.37. The Labute approximate surface area is 66.4 Å². The Balaban J connectivity index is 4.43. The monoisotopic (exact) mass is 192 g/mol. The van der Waals surface area contributed by atoms with Gasteiger partial charge in [-0.05, 0) is 11.4 Å². The van der Waals surface area contributed by atoms with E-state index < -0.39 is 31.3 Å². The minimum Gasteiger partial charge on any atom is -0.250 e. The van der Waals surface area contributed by atoms with Gasteiger partial charge >= 0.3 is 0 Å². The van der Waals surface area contributed by atoms with E-state index in [0.717, 1.165) is 6.92 Å². The van der Waals surface area contributed by atoms with Gasteiger partial charge in [-0.1, -0.05) is 0 Å². The molecule has 0 aliphatic carbocycles. The SMILES string of the molecule is CC(F)C(CF)C(F)(CF)OF. The first kappa shape index (κ1) is 11.6. The second kappa shape index (κ2) is 4.59. The molecule has 0 saturated carbocycles. The lowest BCUT2D eigenvalue weighted by Gasteiger charge is -2.25. The summed E-state index contributed by atoms with van der Waals surface area (Å²) in [6.45, 7) is -2.65. The van der Waals surface area contributed by atoms with Gasteiger partial charge in [0.25, 0.3) is 5.85 Å². The van der Waals surface area contributed by atoms with Crippen LogP contribution in [-0.2, 0) is 4.94 Å². The maximum absolute atomic E-state index is 12.7. The first-order chi connectivity index (χ1) is 5.51. The number of hydrogen-bond donors (Lipinski definition) is 0. The quantitative estimate of drug-likeness (QED) is 0.608. The fraction of sp³-hybridized carbons (Fsp3) is 1.00. The van der Waals surface area contributed by atoms with Gasteiger partial charge in [-0.2, -0.15) is 0 Å². The summed E-state index contributed by atoms with van der Waals surface area (Å²) < 4.78 is 60.1. The molecule has 0 aromatic carbocycles. The number of alkyl halides is 4. The highest BCUT2D eigenvalue weighted by Crippen LogP contribution is 2.30. The minimum atomic E-state index is -3.51. The van der Waals surface area contributed by atoms with E-state index in [0.29, 0.717) is 0 Å². The second-order valence-electron chi connectivity index (χ2n) is 2.44. The summed E-state index contributed by atoms with van der Waals surface area (Å²) in [5.41, 5.74) is 0. The molecule has 0 radical (unpaired) electrons. The van der Waals surface area contributed by atoms with Crippen molar-refractivity contribution in [2.24, 2.45) is 5.92 Å².